The molecule has 40 heavy (non-hydrogen) atoms. The van der Waals surface area contributed by atoms with Crippen molar-refractivity contribution in [2.24, 2.45) is 0 Å². The standard InChI is InChI=1S/C29H22N4O6S/c1-2-38-26-23(14-9-17-31-26)29(32-28(35)39-21-10-5-3-6-11-21)24-18-20(19-30)15-16-25(24)33(27(29)34)40(36,37)22-12-7-4-8-13-22/h3-18H,2H2,1H3,(H,32,35)/t29-/m1/s1. The lowest BCUT2D eigenvalue weighted by molar-refractivity contribution is -0.121. The van der Waals surface area contributed by atoms with Crippen LogP contribution in [-0.2, 0) is 20.4 Å². The fraction of sp³-hybridized carbons (Fsp3) is 0.103. The SMILES string of the molecule is CCOc1ncccc1[C@]1(NC(=O)Oc2ccccc2)C(=O)N(S(=O)(=O)c2ccccc2)c2ccc(C#N)cc21. The van der Waals surface area contributed by atoms with Crippen LogP contribution in [0.2, 0.25) is 0 Å². The molecule has 1 aliphatic rings. The Balaban J connectivity index is 1.77. The van der Waals surface area contributed by atoms with E-state index >= 15 is 0 Å². The fourth-order valence-electron chi connectivity index (χ4n) is 4.55. The second-order valence-corrected chi connectivity index (χ2v) is 10.4. The number of fused-ring (bicyclic) bond motifs is 1. The Labute approximate surface area is 230 Å². The summed E-state index contributed by atoms with van der Waals surface area (Å²) in [4.78, 5) is 32.0. The molecule has 0 bridgehead atoms. The van der Waals surface area contributed by atoms with Crippen LogP contribution < -0.4 is 19.1 Å². The Morgan fingerprint density at radius 3 is 2.38 bits per heavy atom. The zero-order valence-corrected chi connectivity index (χ0v) is 22.0. The number of nitrogens with zero attached hydrogens (tertiary/aromatic N) is 3. The predicted molar refractivity (Wildman–Crippen MR) is 144 cm³/mol. The molecule has 4 aromatic rings. The summed E-state index contributed by atoms with van der Waals surface area (Å²) in [6.45, 7) is 1.88. The van der Waals surface area contributed by atoms with E-state index in [9.17, 15) is 23.3 Å². The van der Waals surface area contributed by atoms with E-state index in [1.165, 1.54) is 60.8 Å². The first-order chi connectivity index (χ1) is 19.3. The first kappa shape index (κ1) is 26.4. The number of ether oxygens (including phenoxy) is 2. The maximum Gasteiger partial charge on any atom is 0.414 e. The van der Waals surface area contributed by atoms with Crippen molar-refractivity contribution in [1.82, 2.24) is 10.3 Å². The van der Waals surface area contributed by atoms with E-state index in [2.05, 4.69) is 10.3 Å². The number of nitrogens with one attached hydrogen (secondary N) is 1. The molecule has 5 rings (SSSR count). The third-order valence-electron chi connectivity index (χ3n) is 6.23. The number of hydrogen-bond donors (Lipinski definition) is 1. The molecule has 200 valence electrons. The minimum Gasteiger partial charge on any atom is -0.478 e. The summed E-state index contributed by atoms with van der Waals surface area (Å²) in [6, 6.07) is 24.7. The number of anilines is 1. The summed E-state index contributed by atoms with van der Waals surface area (Å²) < 4.78 is 39.6. The maximum absolute atomic E-state index is 14.6. The molecule has 0 fully saturated rings. The van der Waals surface area contributed by atoms with Gasteiger partial charge in [0.1, 0.15) is 5.75 Å². The molecule has 0 saturated heterocycles. The topological polar surface area (TPSA) is 139 Å². The van der Waals surface area contributed by atoms with Crippen molar-refractivity contribution in [3.63, 3.8) is 0 Å². The molecule has 1 aliphatic heterocycles. The van der Waals surface area contributed by atoms with Gasteiger partial charge in [0, 0.05) is 11.8 Å². The highest BCUT2D eigenvalue weighted by Crippen LogP contribution is 2.49. The average molecular weight is 555 g/mol. The number of aromatic nitrogens is 1. The maximum atomic E-state index is 14.6. The van der Waals surface area contributed by atoms with Crippen LogP contribution in [0.3, 0.4) is 0 Å². The molecular weight excluding hydrogens is 532 g/mol. The molecule has 0 radical (unpaired) electrons. The fourth-order valence-corrected chi connectivity index (χ4v) is 6.03. The summed E-state index contributed by atoms with van der Waals surface area (Å²) in [5.74, 6) is -0.845. The van der Waals surface area contributed by atoms with Gasteiger partial charge in [-0.05, 0) is 61.5 Å². The van der Waals surface area contributed by atoms with Gasteiger partial charge in [-0.3, -0.25) is 10.1 Å². The third kappa shape index (κ3) is 4.40. The highest BCUT2D eigenvalue weighted by Gasteiger charge is 2.59. The van der Waals surface area contributed by atoms with Crippen molar-refractivity contribution >= 4 is 27.7 Å². The van der Waals surface area contributed by atoms with Gasteiger partial charge in [-0.15, -0.1) is 0 Å². The van der Waals surface area contributed by atoms with E-state index in [0.29, 0.717) is 4.31 Å². The van der Waals surface area contributed by atoms with Crippen molar-refractivity contribution in [1.29, 1.82) is 5.26 Å². The number of sulfonamides is 1. The van der Waals surface area contributed by atoms with Crippen LogP contribution in [0.5, 0.6) is 11.6 Å². The molecular formula is C29H22N4O6S. The normalized spacial score (nSPS) is 16.1. The Morgan fingerprint density at radius 2 is 1.70 bits per heavy atom. The molecule has 0 aliphatic carbocycles. The number of carbonyl (C=O) groups is 2. The number of pyridine rings is 1. The predicted octanol–water partition coefficient (Wildman–Crippen LogP) is 4.12. The van der Waals surface area contributed by atoms with Crippen molar-refractivity contribution in [3.05, 3.63) is 114 Å². The zero-order valence-electron chi connectivity index (χ0n) is 21.1. The number of carbonyl (C=O) groups excluding carboxylic acids is 2. The first-order valence-electron chi connectivity index (χ1n) is 12.2. The highest BCUT2D eigenvalue weighted by molar-refractivity contribution is 7.93. The molecule has 0 unspecified atom stereocenters. The second-order valence-electron chi connectivity index (χ2n) is 8.60. The van der Waals surface area contributed by atoms with Gasteiger partial charge in [-0.25, -0.2) is 18.2 Å². The Kier molecular flexibility index (Phi) is 6.94. The summed E-state index contributed by atoms with van der Waals surface area (Å²) in [5, 5.41) is 12.3. The van der Waals surface area contributed by atoms with Crippen molar-refractivity contribution in [2.45, 2.75) is 17.4 Å². The Hall–Kier alpha value is -5.21. The number of rotatable bonds is 7. The third-order valence-corrected chi connectivity index (χ3v) is 7.95. The lowest BCUT2D eigenvalue weighted by Crippen LogP contribution is -2.55. The molecule has 3 aromatic carbocycles. The lowest BCUT2D eigenvalue weighted by Gasteiger charge is -2.30. The van der Waals surface area contributed by atoms with Crippen LogP contribution in [-0.4, -0.2) is 32.0 Å². The van der Waals surface area contributed by atoms with Crippen LogP contribution >= 0.6 is 0 Å². The largest absolute Gasteiger partial charge is 0.478 e. The van der Waals surface area contributed by atoms with Crippen LogP contribution in [0, 0.1) is 11.3 Å². The van der Waals surface area contributed by atoms with E-state index in [1.54, 1.807) is 43.3 Å². The summed E-state index contributed by atoms with van der Waals surface area (Å²) in [7, 11) is -4.47. The van der Waals surface area contributed by atoms with E-state index in [-0.39, 0.29) is 45.5 Å². The van der Waals surface area contributed by atoms with Gasteiger partial charge in [0.25, 0.3) is 15.9 Å². The Bertz CT molecular complexity index is 1740. The van der Waals surface area contributed by atoms with Gasteiger partial charge in [-0.2, -0.15) is 9.57 Å². The Morgan fingerprint density at radius 1 is 1.00 bits per heavy atom. The van der Waals surface area contributed by atoms with Crippen LogP contribution in [0.1, 0.15) is 23.6 Å². The van der Waals surface area contributed by atoms with Gasteiger partial charge < -0.3 is 9.47 Å². The van der Waals surface area contributed by atoms with Crippen molar-refractivity contribution in [3.8, 4) is 17.7 Å². The molecule has 1 atom stereocenters. The van der Waals surface area contributed by atoms with E-state index in [4.69, 9.17) is 9.47 Å². The second kappa shape index (κ2) is 10.5. The summed E-state index contributed by atoms with van der Waals surface area (Å²) in [5.41, 5.74) is -1.99. The highest BCUT2D eigenvalue weighted by atomic mass is 32.2. The van der Waals surface area contributed by atoms with Crippen LogP contribution in [0.25, 0.3) is 0 Å². The van der Waals surface area contributed by atoms with Crippen LogP contribution in [0.4, 0.5) is 10.5 Å². The molecule has 2 amide bonds. The molecule has 10 nitrogen and oxygen atoms in total. The quantitative estimate of drug-likeness (QED) is 0.360. The van der Waals surface area contributed by atoms with Gasteiger partial charge in [0.05, 0.1) is 34.4 Å². The van der Waals surface area contributed by atoms with Crippen LogP contribution in [0.15, 0.2) is 102 Å². The number of hydrogen-bond acceptors (Lipinski definition) is 8. The van der Waals surface area contributed by atoms with Crippen molar-refractivity contribution < 1.29 is 27.5 Å². The van der Waals surface area contributed by atoms with Gasteiger partial charge >= 0.3 is 6.09 Å². The summed E-state index contributed by atoms with van der Waals surface area (Å²) in [6.07, 6.45) is 0.396. The number of nitriles is 1. The van der Waals surface area contributed by atoms with E-state index in [0.717, 1.165) is 0 Å². The lowest BCUT2D eigenvalue weighted by atomic mass is 9.83. The molecule has 11 heteroatoms. The van der Waals surface area contributed by atoms with E-state index < -0.39 is 27.6 Å². The van der Waals surface area contributed by atoms with Gasteiger partial charge in [-0.1, -0.05) is 36.4 Å². The van der Waals surface area contributed by atoms with Gasteiger partial charge in [0.15, 0.2) is 5.54 Å². The average Bonchev–Trinajstić information content (AvgIpc) is 3.22. The molecule has 1 aromatic heterocycles. The van der Waals surface area contributed by atoms with Gasteiger partial charge in [0.2, 0.25) is 5.88 Å². The molecule has 2 heterocycles. The smallest absolute Gasteiger partial charge is 0.414 e. The number of amides is 2. The number of benzene rings is 3. The van der Waals surface area contributed by atoms with Crippen molar-refractivity contribution in [2.75, 3.05) is 10.9 Å². The first-order valence-corrected chi connectivity index (χ1v) is 13.6. The minimum absolute atomic E-state index is 0.00868. The monoisotopic (exact) mass is 554 g/mol. The molecule has 0 spiro atoms. The molecule has 1 N–H and O–H groups in total. The zero-order chi connectivity index (χ0) is 28.3. The van der Waals surface area contributed by atoms with E-state index in [1.807, 2.05) is 6.07 Å². The molecule has 0 saturated carbocycles. The number of para-hydroxylation sites is 1. The minimum atomic E-state index is -4.47. The summed E-state index contributed by atoms with van der Waals surface area (Å²) >= 11 is 0.